The number of ether oxygens (including phenoxy) is 1. The van der Waals surface area contributed by atoms with Gasteiger partial charge in [-0.15, -0.1) is 0 Å². The number of hydrogen-bond acceptors (Lipinski definition) is 2. The lowest BCUT2D eigenvalue weighted by atomic mass is 10.1. The van der Waals surface area contributed by atoms with Gasteiger partial charge in [-0.2, -0.15) is 0 Å². The van der Waals surface area contributed by atoms with Gasteiger partial charge >= 0.3 is 0 Å². The summed E-state index contributed by atoms with van der Waals surface area (Å²) >= 11 is 0. The predicted molar refractivity (Wildman–Crippen MR) is 48.8 cm³/mol. The largest absolute Gasteiger partial charge is 0.384 e. The van der Waals surface area contributed by atoms with E-state index in [0.29, 0.717) is 5.92 Å². The van der Waals surface area contributed by atoms with Gasteiger partial charge in [0.15, 0.2) is 0 Å². The van der Waals surface area contributed by atoms with Crippen LogP contribution in [0.4, 0.5) is 0 Å². The molecule has 0 amide bonds. The maximum atomic E-state index is 5.11. The molecule has 0 rings (SSSR count). The van der Waals surface area contributed by atoms with Crippen LogP contribution < -0.4 is 5.32 Å². The van der Waals surface area contributed by atoms with Gasteiger partial charge in [0, 0.05) is 13.7 Å². The lowest BCUT2D eigenvalue weighted by Gasteiger charge is -2.14. The van der Waals surface area contributed by atoms with Crippen LogP contribution in [0.2, 0.25) is 0 Å². The van der Waals surface area contributed by atoms with Gasteiger partial charge in [-0.1, -0.05) is 20.3 Å². The van der Waals surface area contributed by atoms with Crippen LogP contribution in [0.15, 0.2) is 0 Å². The summed E-state index contributed by atoms with van der Waals surface area (Å²) in [4.78, 5) is 0. The Morgan fingerprint density at radius 2 is 2.09 bits per heavy atom. The Labute approximate surface area is 70.3 Å². The fourth-order valence-corrected chi connectivity index (χ4v) is 1.24. The highest BCUT2D eigenvalue weighted by molar-refractivity contribution is 4.59. The summed E-state index contributed by atoms with van der Waals surface area (Å²) in [7, 11) is 1.77. The third-order valence-corrected chi connectivity index (χ3v) is 1.78. The fraction of sp³-hybridized carbons (Fsp3) is 1.00. The van der Waals surface area contributed by atoms with E-state index in [1.165, 1.54) is 12.8 Å². The molecule has 0 spiro atoms. The molecule has 0 aliphatic heterocycles. The second-order valence-electron chi connectivity index (χ2n) is 2.92. The summed E-state index contributed by atoms with van der Waals surface area (Å²) in [5, 5.41) is 3.34. The van der Waals surface area contributed by atoms with Crippen molar-refractivity contribution in [3.8, 4) is 0 Å². The maximum absolute atomic E-state index is 5.11. The van der Waals surface area contributed by atoms with Crippen LogP contribution in [-0.2, 0) is 4.74 Å². The normalized spacial score (nSPS) is 13.4. The molecule has 1 atom stereocenters. The zero-order chi connectivity index (χ0) is 8.53. The van der Waals surface area contributed by atoms with Crippen LogP contribution in [0.3, 0.4) is 0 Å². The van der Waals surface area contributed by atoms with E-state index in [2.05, 4.69) is 19.2 Å². The van der Waals surface area contributed by atoms with Crippen LogP contribution >= 0.6 is 0 Å². The standard InChI is InChI=1S/C9H21NO/c1-4-6-9(8-11-3)7-10-5-2/h9-10H,4-8H2,1-3H3. The summed E-state index contributed by atoms with van der Waals surface area (Å²) in [6.45, 7) is 7.40. The summed E-state index contributed by atoms with van der Waals surface area (Å²) < 4.78 is 5.11. The Morgan fingerprint density at radius 1 is 1.36 bits per heavy atom. The van der Waals surface area contributed by atoms with Crippen molar-refractivity contribution in [2.45, 2.75) is 26.7 Å². The number of methoxy groups -OCH3 is 1. The Bertz CT molecular complexity index is 70.0. The number of hydrogen-bond donors (Lipinski definition) is 1. The summed E-state index contributed by atoms with van der Waals surface area (Å²) in [5.41, 5.74) is 0. The molecular weight excluding hydrogens is 138 g/mol. The Balaban J connectivity index is 3.34. The van der Waals surface area contributed by atoms with E-state index in [0.717, 1.165) is 19.7 Å². The zero-order valence-corrected chi connectivity index (χ0v) is 8.02. The smallest absolute Gasteiger partial charge is 0.0502 e. The van der Waals surface area contributed by atoms with Crippen molar-refractivity contribution in [3.05, 3.63) is 0 Å². The van der Waals surface area contributed by atoms with Crippen LogP contribution in [0.5, 0.6) is 0 Å². The van der Waals surface area contributed by atoms with Crippen molar-refractivity contribution in [2.24, 2.45) is 5.92 Å². The first-order valence-corrected chi connectivity index (χ1v) is 4.54. The van der Waals surface area contributed by atoms with Gasteiger partial charge in [-0.25, -0.2) is 0 Å². The van der Waals surface area contributed by atoms with Gasteiger partial charge in [0.1, 0.15) is 0 Å². The molecule has 1 unspecified atom stereocenters. The molecule has 0 aliphatic rings. The van der Waals surface area contributed by atoms with Crippen molar-refractivity contribution in [1.29, 1.82) is 0 Å². The van der Waals surface area contributed by atoms with E-state index in [-0.39, 0.29) is 0 Å². The lowest BCUT2D eigenvalue weighted by Crippen LogP contribution is -2.25. The van der Waals surface area contributed by atoms with Crippen LogP contribution in [0.1, 0.15) is 26.7 Å². The molecule has 0 aromatic heterocycles. The summed E-state index contributed by atoms with van der Waals surface area (Å²) in [5.74, 6) is 0.699. The molecule has 0 aromatic rings. The van der Waals surface area contributed by atoms with Crippen molar-refractivity contribution in [2.75, 3.05) is 26.8 Å². The summed E-state index contributed by atoms with van der Waals surface area (Å²) in [6.07, 6.45) is 2.51. The first kappa shape index (κ1) is 10.9. The average molecular weight is 159 g/mol. The Kier molecular flexibility index (Phi) is 7.96. The molecule has 0 saturated carbocycles. The van der Waals surface area contributed by atoms with Crippen molar-refractivity contribution < 1.29 is 4.74 Å². The van der Waals surface area contributed by atoms with Gasteiger partial charge < -0.3 is 10.1 Å². The molecule has 2 nitrogen and oxygen atoms in total. The third kappa shape index (κ3) is 6.32. The van der Waals surface area contributed by atoms with E-state index in [1.807, 2.05) is 0 Å². The quantitative estimate of drug-likeness (QED) is 0.610. The van der Waals surface area contributed by atoms with Crippen LogP contribution in [0.25, 0.3) is 0 Å². The minimum absolute atomic E-state index is 0.699. The molecule has 0 heterocycles. The van der Waals surface area contributed by atoms with Gasteiger partial charge in [0.25, 0.3) is 0 Å². The molecular formula is C9H21NO. The van der Waals surface area contributed by atoms with E-state index in [4.69, 9.17) is 4.74 Å². The molecule has 1 N–H and O–H groups in total. The highest BCUT2D eigenvalue weighted by Gasteiger charge is 2.05. The molecule has 0 bridgehead atoms. The first-order valence-electron chi connectivity index (χ1n) is 4.54. The van der Waals surface area contributed by atoms with Crippen LogP contribution in [0, 0.1) is 5.92 Å². The molecule has 0 radical (unpaired) electrons. The SMILES string of the molecule is CCCC(CNCC)COC. The second kappa shape index (κ2) is 8.02. The number of rotatable bonds is 7. The molecule has 0 aromatic carbocycles. The molecule has 2 heteroatoms. The average Bonchev–Trinajstić information content (AvgIpc) is 2.01. The molecule has 68 valence electrons. The van der Waals surface area contributed by atoms with Gasteiger partial charge in [-0.05, 0) is 18.9 Å². The van der Waals surface area contributed by atoms with Crippen LogP contribution in [-0.4, -0.2) is 26.8 Å². The summed E-state index contributed by atoms with van der Waals surface area (Å²) in [6, 6.07) is 0. The molecule has 11 heavy (non-hydrogen) atoms. The molecule has 0 aliphatic carbocycles. The topological polar surface area (TPSA) is 21.3 Å². The Morgan fingerprint density at radius 3 is 2.55 bits per heavy atom. The predicted octanol–water partition coefficient (Wildman–Crippen LogP) is 1.66. The lowest BCUT2D eigenvalue weighted by molar-refractivity contribution is 0.146. The van der Waals surface area contributed by atoms with Gasteiger partial charge in [-0.3, -0.25) is 0 Å². The minimum atomic E-state index is 0.699. The fourth-order valence-electron chi connectivity index (χ4n) is 1.24. The van der Waals surface area contributed by atoms with E-state index < -0.39 is 0 Å². The first-order chi connectivity index (χ1) is 5.35. The van der Waals surface area contributed by atoms with E-state index in [9.17, 15) is 0 Å². The van der Waals surface area contributed by atoms with E-state index >= 15 is 0 Å². The highest BCUT2D eigenvalue weighted by Crippen LogP contribution is 2.04. The number of nitrogens with one attached hydrogen (secondary N) is 1. The molecule has 0 fully saturated rings. The monoisotopic (exact) mass is 159 g/mol. The minimum Gasteiger partial charge on any atom is -0.384 e. The van der Waals surface area contributed by atoms with E-state index in [1.54, 1.807) is 7.11 Å². The maximum Gasteiger partial charge on any atom is 0.0502 e. The van der Waals surface area contributed by atoms with Crippen molar-refractivity contribution in [3.63, 3.8) is 0 Å². The third-order valence-electron chi connectivity index (χ3n) is 1.78. The highest BCUT2D eigenvalue weighted by atomic mass is 16.5. The van der Waals surface area contributed by atoms with Gasteiger partial charge in [0.05, 0.1) is 6.61 Å². The van der Waals surface area contributed by atoms with Gasteiger partial charge in [0.2, 0.25) is 0 Å². The van der Waals surface area contributed by atoms with Crippen molar-refractivity contribution >= 4 is 0 Å². The Hall–Kier alpha value is -0.0800. The molecule has 0 saturated heterocycles. The van der Waals surface area contributed by atoms with Crippen molar-refractivity contribution in [1.82, 2.24) is 5.32 Å². The second-order valence-corrected chi connectivity index (χ2v) is 2.92. The zero-order valence-electron chi connectivity index (χ0n) is 8.02.